The summed E-state index contributed by atoms with van der Waals surface area (Å²) in [6.45, 7) is 6.25. The molecule has 0 spiro atoms. The monoisotopic (exact) mass is 367 g/mol. The molecule has 1 unspecified atom stereocenters. The maximum absolute atomic E-state index is 12.8. The fourth-order valence-corrected chi connectivity index (χ4v) is 2.88. The van der Waals surface area contributed by atoms with Crippen LogP contribution in [0.1, 0.15) is 26.2 Å². The Morgan fingerprint density at radius 3 is 2.81 bits per heavy atom. The standard InChI is InChI=1S/C19H30FN3O3/c1-2-21-18(23-14-19(8-11-24)9-13-25-15-19)22-10-3-12-26-17-6-4-16(20)5-7-17/h4-7,24H,2-3,8-15H2,1H3,(H2,21,22,23). The second-order valence-corrected chi connectivity index (χ2v) is 6.55. The molecule has 0 amide bonds. The Labute approximate surface area is 154 Å². The Kier molecular flexibility index (Phi) is 8.64. The van der Waals surface area contributed by atoms with Crippen molar-refractivity contribution in [2.24, 2.45) is 10.4 Å². The first-order chi connectivity index (χ1) is 12.7. The molecule has 1 aliphatic heterocycles. The lowest BCUT2D eigenvalue weighted by molar-refractivity contribution is 0.131. The van der Waals surface area contributed by atoms with Crippen LogP contribution in [0.5, 0.6) is 5.75 Å². The number of benzene rings is 1. The summed E-state index contributed by atoms with van der Waals surface area (Å²) in [7, 11) is 0. The average molecular weight is 367 g/mol. The molecule has 0 radical (unpaired) electrons. The van der Waals surface area contributed by atoms with Crippen LogP contribution in [0.25, 0.3) is 0 Å². The molecule has 0 aromatic heterocycles. The normalized spacial score (nSPS) is 20.2. The van der Waals surface area contributed by atoms with Crippen LogP contribution in [-0.2, 0) is 4.74 Å². The van der Waals surface area contributed by atoms with Crippen LogP contribution < -0.4 is 15.4 Å². The van der Waals surface area contributed by atoms with Gasteiger partial charge in [-0.1, -0.05) is 0 Å². The van der Waals surface area contributed by atoms with Gasteiger partial charge in [-0.25, -0.2) is 4.39 Å². The maximum atomic E-state index is 12.8. The molecule has 26 heavy (non-hydrogen) atoms. The molecule has 1 atom stereocenters. The van der Waals surface area contributed by atoms with Gasteiger partial charge in [0, 0.05) is 31.7 Å². The lowest BCUT2D eigenvalue weighted by atomic mass is 9.84. The molecule has 1 saturated heterocycles. The summed E-state index contributed by atoms with van der Waals surface area (Å²) >= 11 is 0. The van der Waals surface area contributed by atoms with Gasteiger partial charge in [0.05, 0.1) is 19.8 Å². The Bertz CT molecular complexity index is 545. The van der Waals surface area contributed by atoms with E-state index in [1.807, 2.05) is 6.92 Å². The van der Waals surface area contributed by atoms with Gasteiger partial charge in [-0.2, -0.15) is 0 Å². The topological polar surface area (TPSA) is 75.1 Å². The van der Waals surface area contributed by atoms with E-state index in [0.29, 0.717) is 31.9 Å². The number of aliphatic hydroxyl groups excluding tert-OH is 1. The van der Waals surface area contributed by atoms with E-state index in [2.05, 4.69) is 15.6 Å². The van der Waals surface area contributed by atoms with Crippen molar-refractivity contribution < 1.29 is 19.0 Å². The number of nitrogens with zero attached hydrogens (tertiary/aromatic N) is 1. The second-order valence-electron chi connectivity index (χ2n) is 6.55. The van der Waals surface area contributed by atoms with Crippen molar-refractivity contribution in [2.75, 3.05) is 46.1 Å². The minimum Gasteiger partial charge on any atom is -0.494 e. The molecule has 1 aromatic rings. The fourth-order valence-electron chi connectivity index (χ4n) is 2.88. The first kappa shape index (κ1) is 20.5. The third kappa shape index (κ3) is 6.80. The fraction of sp³-hybridized carbons (Fsp3) is 0.632. The van der Waals surface area contributed by atoms with Crippen LogP contribution in [-0.4, -0.2) is 57.1 Å². The highest BCUT2D eigenvalue weighted by atomic mass is 19.1. The average Bonchev–Trinajstić information content (AvgIpc) is 3.10. The molecular formula is C19H30FN3O3. The first-order valence-electron chi connectivity index (χ1n) is 9.26. The molecule has 146 valence electrons. The molecule has 1 heterocycles. The minimum absolute atomic E-state index is 0.0528. The Morgan fingerprint density at radius 2 is 2.15 bits per heavy atom. The number of guanidine groups is 1. The van der Waals surface area contributed by atoms with Crippen molar-refractivity contribution in [3.05, 3.63) is 30.1 Å². The highest BCUT2D eigenvalue weighted by Crippen LogP contribution is 2.32. The van der Waals surface area contributed by atoms with E-state index in [0.717, 1.165) is 38.5 Å². The van der Waals surface area contributed by atoms with E-state index in [9.17, 15) is 9.50 Å². The van der Waals surface area contributed by atoms with Crippen molar-refractivity contribution in [1.82, 2.24) is 10.6 Å². The van der Waals surface area contributed by atoms with Gasteiger partial charge in [-0.15, -0.1) is 0 Å². The van der Waals surface area contributed by atoms with Crippen LogP contribution in [0.2, 0.25) is 0 Å². The molecule has 6 nitrogen and oxygen atoms in total. The minimum atomic E-state index is -0.267. The van der Waals surface area contributed by atoms with Crippen molar-refractivity contribution in [1.29, 1.82) is 0 Å². The van der Waals surface area contributed by atoms with Gasteiger partial charge >= 0.3 is 0 Å². The lowest BCUT2D eigenvalue weighted by Gasteiger charge is -2.24. The molecule has 1 aliphatic rings. The number of hydrogen-bond acceptors (Lipinski definition) is 4. The summed E-state index contributed by atoms with van der Waals surface area (Å²) in [5.41, 5.74) is -0.0528. The molecule has 0 aliphatic carbocycles. The summed E-state index contributed by atoms with van der Waals surface area (Å²) in [5.74, 6) is 1.16. The SMILES string of the molecule is CCNC(=NCC1(CCO)CCOC1)NCCCOc1ccc(F)cc1. The van der Waals surface area contributed by atoms with Crippen LogP contribution in [0, 0.1) is 11.2 Å². The molecule has 0 bridgehead atoms. The maximum Gasteiger partial charge on any atom is 0.191 e. The third-order valence-electron chi connectivity index (χ3n) is 4.44. The zero-order valence-corrected chi connectivity index (χ0v) is 15.5. The number of hydrogen-bond donors (Lipinski definition) is 3. The van der Waals surface area contributed by atoms with E-state index < -0.39 is 0 Å². The van der Waals surface area contributed by atoms with Crippen LogP contribution in [0.3, 0.4) is 0 Å². The number of ether oxygens (including phenoxy) is 2. The van der Waals surface area contributed by atoms with Crippen LogP contribution in [0.4, 0.5) is 4.39 Å². The van der Waals surface area contributed by atoms with Gasteiger partial charge in [0.2, 0.25) is 0 Å². The quantitative estimate of drug-likeness (QED) is 0.335. The van der Waals surface area contributed by atoms with Crippen molar-refractivity contribution in [2.45, 2.75) is 26.2 Å². The smallest absolute Gasteiger partial charge is 0.191 e. The zero-order chi connectivity index (χ0) is 18.7. The van der Waals surface area contributed by atoms with Crippen molar-refractivity contribution >= 4 is 5.96 Å². The number of aliphatic imine (C=N–C) groups is 1. The number of rotatable bonds is 10. The van der Waals surface area contributed by atoms with E-state index >= 15 is 0 Å². The molecular weight excluding hydrogens is 337 g/mol. The van der Waals surface area contributed by atoms with Gasteiger partial charge in [0.25, 0.3) is 0 Å². The summed E-state index contributed by atoms with van der Waals surface area (Å²) < 4.78 is 23.9. The van der Waals surface area contributed by atoms with Gasteiger partial charge < -0.3 is 25.2 Å². The largest absolute Gasteiger partial charge is 0.494 e. The molecule has 2 rings (SSSR count). The summed E-state index contributed by atoms with van der Waals surface area (Å²) in [6.07, 6.45) is 2.44. The summed E-state index contributed by atoms with van der Waals surface area (Å²) in [5, 5.41) is 15.8. The van der Waals surface area contributed by atoms with E-state index in [-0.39, 0.29) is 17.8 Å². The summed E-state index contributed by atoms with van der Waals surface area (Å²) in [6, 6.07) is 6.02. The predicted molar refractivity (Wildman–Crippen MR) is 100 cm³/mol. The molecule has 1 aromatic carbocycles. The van der Waals surface area contributed by atoms with Crippen LogP contribution >= 0.6 is 0 Å². The van der Waals surface area contributed by atoms with Crippen LogP contribution in [0.15, 0.2) is 29.3 Å². The Hall–Kier alpha value is -1.86. The molecule has 0 saturated carbocycles. The lowest BCUT2D eigenvalue weighted by Crippen LogP contribution is -2.39. The third-order valence-corrected chi connectivity index (χ3v) is 4.44. The van der Waals surface area contributed by atoms with E-state index in [4.69, 9.17) is 9.47 Å². The number of nitrogens with one attached hydrogen (secondary N) is 2. The number of halogens is 1. The molecule has 7 heteroatoms. The zero-order valence-electron chi connectivity index (χ0n) is 15.5. The Balaban J connectivity index is 1.73. The van der Waals surface area contributed by atoms with Gasteiger partial charge in [0.1, 0.15) is 11.6 Å². The van der Waals surface area contributed by atoms with Crippen molar-refractivity contribution in [3.8, 4) is 5.75 Å². The van der Waals surface area contributed by atoms with Gasteiger partial charge in [-0.3, -0.25) is 4.99 Å². The predicted octanol–water partition coefficient (Wildman–Crippen LogP) is 1.94. The van der Waals surface area contributed by atoms with Gasteiger partial charge in [-0.05, 0) is 50.5 Å². The molecule has 1 fully saturated rings. The van der Waals surface area contributed by atoms with Gasteiger partial charge in [0.15, 0.2) is 5.96 Å². The Morgan fingerprint density at radius 1 is 1.35 bits per heavy atom. The number of aliphatic hydroxyl groups is 1. The summed E-state index contributed by atoms with van der Waals surface area (Å²) in [4.78, 5) is 4.67. The second kappa shape index (κ2) is 11.0. The first-order valence-corrected chi connectivity index (χ1v) is 9.26. The molecule has 3 N–H and O–H groups in total. The van der Waals surface area contributed by atoms with Crippen molar-refractivity contribution in [3.63, 3.8) is 0 Å². The highest BCUT2D eigenvalue weighted by Gasteiger charge is 2.34. The van der Waals surface area contributed by atoms with E-state index in [1.54, 1.807) is 12.1 Å². The highest BCUT2D eigenvalue weighted by molar-refractivity contribution is 5.79. The van der Waals surface area contributed by atoms with E-state index in [1.165, 1.54) is 12.1 Å².